The number of rotatable bonds is 3. The number of hydrogen-bond donors (Lipinski definition) is 2. The number of hydrogen-bond acceptors (Lipinski definition) is 2. The van der Waals surface area contributed by atoms with Gasteiger partial charge in [-0.1, -0.05) is 25.7 Å². The van der Waals surface area contributed by atoms with Gasteiger partial charge in [-0.2, -0.15) is 0 Å². The lowest BCUT2D eigenvalue weighted by atomic mass is 9.79. The fraction of sp³-hybridized carbons (Fsp3) is 0.929. The third kappa shape index (κ3) is 3.35. The van der Waals surface area contributed by atoms with Crippen LogP contribution in [0.5, 0.6) is 0 Å². The van der Waals surface area contributed by atoms with Gasteiger partial charge in [0.05, 0.1) is 0 Å². The quantitative estimate of drug-likeness (QED) is 0.769. The molecular weight excluding hydrogens is 242 g/mol. The van der Waals surface area contributed by atoms with E-state index in [0.29, 0.717) is 5.54 Å². The van der Waals surface area contributed by atoms with Gasteiger partial charge in [0.15, 0.2) is 5.11 Å². The summed E-state index contributed by atoms with van der Waals surface area (Å²) in [6, 6.07) is 0. The molecule has 18 heavy (non-hydrogen) atoms. The van der Waals surface area contributed by atoms with E-state index in [0.717, 1.165) is 11.7 Å². The first-order valence-electron chi connectivity index (χ1n) is 7.47. The number of nitrogens with zero attached hydrogens (tertiary/aromatic N) is 1. The van der Waals surface area contributed by atoms with Crippen molar-refractivity contribution in [3.8, 4) is 0 Å². The lowest BCUT2D eigenvalue weighted by Gasteiger charge is -2.48. The van der Waals surface area contributed by atoms with Crippen molar-refractivity contribution in [1.82, 2.24) is 15.5 Å². The van der Waals surface area contributed by atoms with Crippen LogP contribution in [0.3, 0.4) is 0 Å². The summed E-state index contributed by atoms with van der Waals surface area (Å²) in [4.78, 5) is 2.75. The Kier molecular flexibility index (Phi) is 5.25. The van der Waals surface area contributed by atoms with Crippen molar-refractivity contribution in [2.45, 2.75) is 56.9 Å². The molecule has 1 aliphatic heterocycles. The molecule has 104 valence electrons. The minimum Gasteiger partial charge on any atom is -0.366 e. The molecule has 2 fully saturated rings. The Morgan fingerprint density at radius 1 is 1.06 bits per heavy atom. The van der Waals surface area contributed by atoms with Gasteiger partial charge < -0.3 is 10.6 Å². The Morgan fingerprint density at radius 2 is 1.67 bits per heavy atom. The molecule has 0 aromatic rings. The van der Waals surface area contributed by atoms with Crippen molar-refractivity contribution in [1.29, 1.82) is 0 Å². The fourth-order valence-electron chi connectivity index (χ4n) is 3.52. The van der Waals surface area contributed by atoms with Crippen LogP contribution in [0.4, 0.5) is 0 Å². The van der Waals surface area contributed by atoms with Crippen molar-refractivity contribution in [2.24, 2.45) is 0 Å². The van der Waals surface area contributed by atoms with Crippen LogP contribution < -0.4 is 10.6 Å². The van der Waals surface area contributed by atoms with Gasteiger partial charge in [0.1, 0.15) is 0 Å². The first kappa shape index (κ1) is 14.1. The maximum atomic E-state index is 5.23. The Hall–Kier alpha value is -0.350. The van der Waals surface area contributed by atoms with Gasteiger partial charge in [-0.15, -0.1) is 0 Å². The van der Waals surface area contributed by atoms with E-state index >= 15 is 0 Å². The van der Waals surface area contributed by atoms with Gasteiger partial charge >= 0.3 is 0 Å². The summed E-state index contributed by atoms with van der Waals surface area (Å²) in [6.07, 6.45) is 11.0. The average molecular weight is 269 g/mol. The summed E-state index contributed by atoms with van der Waals surface area (Å²) in [5, 5.41) is 7.23. The molecule has 1 heterocycles. The molecule has 0 aromatic carbocycles. The Balaban J connectivity index is 1.99. The lowest BCUT2D eigenvalue weighted by molar-refractivity contribution is 0.0370. The molecule has 2 rings (SSSR count). The van der Waals surface area contributed by atoms with Crippen molar-refractivity contribution in [3.63, 3.8) is 0 Å². The number of thiocarbonyl (C=S) groups is 1. The summed E-state index contributed by atoms with van der Waals surface area (Å²) in [6.45, 7) is 3.59. The molecule has 0 radical (unpaired) electrons. The van der Waals surface area contributed by atoms with E-state index in [4.69, 9.17) is 12.2 Å². The molecular formula is C14H27N3S. The third-order valence-electron chi connectivity index (χ3n) is 4.62. The summed E-state index contributed by atoms with van der Waals surface area (Å²) in [5.74, 6) is 0. The van der Waals surface area contributed by atoms with Crippen LogP contribution in [0, 0.1) is 0 Å². The van der Waals surface area contributed by atoms with Gasteiger partial charge in [0.25, 0.3) is 0 Å². The topological polar surface area (TPSA) is 27.3 Å². The van der Waals surface area contributed by atoms with E-state index in [9.17, 15) is 0 Å². The number of piperidine rings is 1. The number of nitrogens with one attached hydrogen (secondary N) is 2. The molecule has 0 unspecified atom stereocenters. The molecule has 0 spiro atoms. The second-order valence-corrected chi connectivity index (χ2v) is 6.17. The van der Waals surface area contributed by atoms with Crippen LogP contribution in [0.1, 0.15) is 51.4 Å². The normalized spacial score (nSPS) is 24.5. The summed E-state index contributed by atoms with van der Waals surface area (Å²) in [5.41, 5.74) is 0.375. The highest BCUT2D eigenvalue weighted by Crippen LogP contribution is 2.35. The largest absolute Gasteiger partial charge is 0.366 e. The molecule has 2 N–H and O–H groups in total. The minimum atomic E-state index is 0.375. The predicted molar refractivity (Wildman–Crippen MR) is 80.9 cm³/mol. The standard InChI is InChI=1S/C14H27N3S/c1-15-13(18)16-12-14(8-4-2-5-9-14)17-10-6-3-7-11-17/h2-12H2,1H3,(H2,15,16,18). The van der Waals surface area contributed by atoms with Crippen LogP contribution in [0.25, 0.3) is 0 Å². The van der Waals surface area contributed by atoms with Crippen molar-refractivity contribution in [2.75, 3.05) is 26.7 Å². The van der Waals surface area contributed by atoms with E-state index in [1.165, 1.54) is 64.5 Å². The van der Waals surface area contributed by atoms with Gasteiger partial charge in [-0.25, -0.2) is 0 Å². The highest BCUT2D eigenvalue weighted by Gasteiger charge is 2.38. The van der Waals surface area contributed by atoms with Crippen molar-refractivity contribution < 1.29 is 0 Å². The van der Waals surface area contributed by atoms with Gasteiger partial charge in [-0.05, 0) is 51.0 Å². The highest BCUT2D eigenvalue weighted by atomic mass is 32.1. The molecule has 0 bridgehead atoms. The Bertz CT molecular complexity index is 268. The molecule has 3 nitrogen and oxygen atoms in total. The Labute approximate surface area is 117 Å². The summed E-state index contributed by atoms with van der Waals surface area (Å²) < 4.78 is 0. The van der Waals surface area contributed by atoms with Crippen LogP contribution in [0.15, 0.2) is 0 Å². The molecule has 0 atom stereocenters. The van der Waals surface area contributed by atoms with Crippen LogP contribution in [-0.2, 0) is 0 Å². The molecule has 0 amide bonds. The highest BCUT2D eigenvalue weighted by molar-refractivity contribution is 7.80. The average Bonchev–Trinajstić information content (AvgIpc) is 2.46. The maximum Gasteiger partial charge on any atom is 0.166 e. The second kappa shape index (κ2) is 6.71. The monoisotopic (exact) mass is 269 g/mol. The zero-order chi connectivity index (χ0) is 12.8. The predicted octanol–water partition coefficient (Wildman–Crippen LogP) is 2.27. The number of likely N-dealkylation sites (tertiary alicyclic amines) is 1. The lowest BCUT2D eigenvalue weighted by Crippen LogP contribution is -2.58. The van der Waals surface area contributed by atoms with Gasteiger partial charge in [0.2, 0.25) is 0 Å². The zero-order valence-electron chi connectivity index (χ0n) is 11.6. The van der Waals surface area contributed by atoms with E-state index in [1.54, 1.807) is 0 Å². The van der Waals surface area contributed by atoms with Crippen LogP contribution in [0.2, 0.25) is 0 Å². The van der Waals surface area contributed by atoms with Gasteiger partial charge in [0, 0.05) is 19.1 Å². The minimum absolute atomic E-state index is 0.375. The SMILES string of the molecule is CNC(=S)NCC1(N2CCCCC2)CCCCC1. The van der Waals surface area contributed by atoms with Crippen molar-refractivity contribution in [3.05, 3.63) is 0 Å². The maximum absolute atomic E-state index is 5.23. The molecule has 2 aliphatic rings. The Morgan fingerprint density at radius 3 is 2.28 bits per heavy atom. The molecule has 0 aromatic heterocycles. The van der Waals surface area contributed by atoms with E-state index in [-0.39, 0.29) is 0 Å². The van der Waals surface area contributed by atoms with E-state index in [1.807, 2.05) is 7.05 Å². The molecule has 4 heteroatoms. The smallest absolute Gasteiger partial charge is 0.166 e. The molecule has 1 saturated heterocycles. The van der Waals surface area contributed by atoms with Gasteiger partial charge in [-0.3, -0.25) is 4.90 Å². The summed E-state index contributed by atoms with van der Waals surface area (Å²) in [7, 11) is 1.89. The van der Waals surface area contributed by atoms with E-state index < -0.39 is 0 Å². The first-order chi connectivity index (χ1) is 8.77. The fourth-order valence-corrected chi connectivity index (χ4v) is 3.59. The third-order valence-corrected chi connectivity index (χ3v) is 4.96. The second-order valence-electron chi connectivity index (χ2n) is 5.77. The van der Waals surface area contributed by atoms with Crippen LogP contribution >= 0.6 is 12.2 Å². The van der Waals surface area contributed by atoms with Crippen LogP contribution in [-0.4, -0.2) is 42.2 Å². The zero-order valence-corrected chi connectivity index (χ0v) is 12.5. The first-order valence-corrected chi connectivity index (χ1v) is 7.88. The summed E-state index contributed by atoms with van der Waals surface area (Å²) >= 11 is 5.23. The van der Waals surface area contributed by atoms with Crippen molar-refractivity contribution >= 4 is 17.3 Å². The molecule has 1 aliphatic carbocycles. The van der Waals surface area contributed by atoms with E-state index in [2.05, 4.69) is 15.5 Å². The molecule has 1 saturated carbocycles.